The maximum absolute atomic E-state index is 4.26. The molecule has 0 radical (unpaired) electrons. The van der Waals surface area contributed by atoms with E-state index >= 15 is 0 Å². The molecule has 1 aromatic rings. The number of hydrogen-bond donors (Lipinski definition) is 2. The first-order chi connectivity index (χ1) is 8.98. The fourth-order valence-corrected chi connectivity index (χ4v) is 2.46. The van der Waals surface area contributed by atoms with Gasteiger partial charge in [-0.05, 0) is 56.7 Å². The number of benzene rings is 1. The van der Waals surface area contributed by atoms with Gasteiger partial charge in [0.05, 0.1) is 0 Å². The molecule has 3 nitrogen and oxygen atoms in total. The molecule has 0 saturated heterocycles. The van der Waals surface area contributed by atoms with Crippen molar-refractivity contribution >= 4 is 5.96 Å². The second kappa shape index (κ2) is 5.64. The van der Waals surface area contributed by atoms with E-state index in [0.717, 1.165) is 12.5 Å². The summed E-state index contributed by atoms with van der Waals surface area (Å²) in [6.07, 6.45) is 3.79. The summed E-state index contributed by atoms with van der Waals surface area (Å²) in [6.45, 7) is 7.23. The molecular formula is C16H25N3. The van der Waals surface area contributed by atoms with Gasteiger partial charge in [-0.15, -0.1) is 0 Å². The van der Waals surface area contributed by atoms with E-state index in [-0.39, 0.29) is 5.54 Å². The quantitative estimate of drug-likeness (QED) is 0.633. The first kappa shape index (κ1) is 13.9. The topological polar surface area (TPSA) is 36.4 Å². The Labute approximate surface area is 116 Å². The molecule has 0 aliphatic heterocycles. The second-order valence-corrected chi connectivity index (χ2v) is 6.26. The fraction of sp³-hybridized carbons (Fsp3) is 0.562. The molecule has 104 valence electrons. The molecule has 0 spiro atoms. The molecule has 2 N–H and O–H groups in total. The van der Waals surface area contributed by atoms with Crippen molar-refractivity contribution < 1.29 is 0 Å². The summed E-state index contributed by atoms with van der Waals surface area (Å²) < 4.78 is 0. The summed E-state index contributed by atoms with van der Waals surface area (Å²) >= 11 is 0. The number of nitrogens with one attached hydrogen (secondary N) is 2. The van der Waals surface area contributed by atoms with Crippen molar-refractivity contribution in [2.45, 2.75) is 52.1 Å². The number of aliphatic imine (C=N–C) groups is 1. The SMILES string of the molecule is CN=C(NCc1ccc2c(c1)CCC2)NC(C)(C)C. The van der Waals surface area contributed by atoms with Crippen LogP contribution in [-0.2, 0) is 19.4 Å². The van der Waals surface area contributed by atoms with Crippen molar-refractivity contribution in [3.63, 3.8) is 0 Å². The first-order valence-corrected chi connectivity index (χ1v) is 7.07. The van der Waals surface area contributed by atoms with E-state index < -0.39 is 0 Å². The van der Waals surface area contributed by atoms with Gasteiger partial charge in [-0.3, -0.25) is 4.99 Å². The van der Waals surface area contributed by atoms with Gasteiger partial charge in [-0.1, -0.05) is 18.2 Å². The van der Waals surface area contributed by atoms with Crippen LogP contribution in [0.1, 0.15) is 43.9 Å². The van der Waals surface area contributed by atoms with E-state index in [1.807, 2.05) is 7.05 Å². The standard InChI is InChI=1S/C16H25N3/c1-16(2,3)19-15(17-4)18-11-12-8-9-13-6-5-7-14(13)10-12/h8-10H,5-7,11H2,1-4H3,(H2,17,18,19). The number of aryl methyl sites for hydroxylation is 2. The predicted octanol–water partition coefficient (Wildman–Crippen LogP) is 2.64. The van der Waals surface area contributed by atoms with Crippen molar-refractivity contribution in [1.82, 2.24) is 10.6 Å². The monoisotopic (exact) mass is 259 g/mol. The first-order valence-electron chi connectivity index (χ1n) is 7.07. The van der Waals surface area contributed by atoms with Crippen LogP contribution in [0.5, 0.6) is 0 Å². The maximum Gasteiger partial charge on any atom is 0.191 e. The summed E-state index contributed by atoms with van der Waals surface area (Å²) in [4.78, 5) is 4.26. The molecule has 0 bridgehead atoms. The minimum absolute atomic E-state index is 0.0276. The normalized spacial score (nSPS) is 15.3. The Bertz CT molecular complexity index is 469. The molecule has 3 heteroatoms. The van der Waals surface area contributed by atoms with Gasteiger partial charge in [0.15, 0.2) is 5.96 Å². The highest BCUT2D eigenvalue weighted by Crippen LogP contribution is 2.22. The van der Waals surface area contributed by atoms with Crippen LogP contribution in [0.4, 0.5) is 0 Å². The molecule has 19 heavy (non-hydrogen) atoms. The van der Waals surface area contributed by atoms with Crippen LogP contribution in [0.2, 0.25) is 0 Å². The molecule has 0 saturated carbocycles. The van der Waals surface area contributed by atoms with Crippen LogP contribution in [0.3, 0.4) is 0 Å². The average molecular weight is 259 g/mol. The third-order valence-corrected chi connectivity index (χ3v) is 3.34. The smallest absolute Gasteiger partial charge is 0.191 e. The zero-order chi connectivity index (χ0) is 13.9. The Kier molecular flexibility index (Phi) is 4.13. The summed E-state index contributed by atoms with van der Waals surface area (Å²) in [5.41, 5.74) is 4.41. The van der Waals surface area contributed by atoms with Crippen LogP contribution < -0.4 is 10.6 Å². The van der Waals surface area contributed by atoms with Crippen LogP contribution in [-0.4, -0.2) is 18.5 Å². The summed E-state index contributed by atoms with van der Waals surface area (Å²) in [6, 6.07) is 6.83. The Hall–Kier alpha value is -1.51. The number of rotatable bonds is 2. The highest BCUT2D eigenvalue weighted by Gasteiger charge is 2.13. The van der Waals surface area contributed by atoms with E-state index in [1.165, 1.54) is 36.0 Å². The fourth-order valence-electron chi connectivity index (χ4n) is 2.46. The lowest BCUT2D eigenvalue weighted by Gasteiger charge is -2.23. The summed E-state index contributed by atoms with van der Waals surface area (Å²) in [7, 11) is 1.81. The van der Waals surface area contributed by atoms with Gasteiger partial charge in [0, 0.05) is 19.1 Å². The van der Waals surface area contributed by atoms with Crippen LogP contribution >= 0.6 is 0 Å². The molecule has 0 unspecified atom stereocenters. The molecule has 2 rings (SSSR count). The van der Waals surface area contributed by atoms with Gasteiger partial charge in [-0.2, -0.15) is 0 Å². The van der Waals surface area contributed by atoms with Crippen LogP contribution in [0.15, 0.2) is 23.2 Å². The lowest BCUT2D eigenvalue weighted by molar-refractivity contribution is 0.501. The molecule has 1 aromatic carbocycles. The van der Waals surface area contributed by atoms with E-state index in [2.05, 4.69) is 54.6 Å². The average Bonchev–Trinajstić information content (AvgIpc) is 2.80. The van der Waals surface area contributed by atoms with Crippen LogP contribution in [0.25, 0.3) is 0 Å². The number of fused-ring (bicyclic) bond motifs is 1. The molecule has 1 aliphatic carbocycles. The minimum Gasteiger partial charge on any atom is -0.352 e. The number of guanidine groups is 1. The highest BCUT2D eigenvalue weighted by atomic mass is 15.2. The van der Waals surface area contributed by atoms with Gasteiger partial charge >= 0.3 is 0 Å². The molecule has 0 aromatic heterocycles. The van der Waals surface area contributed by atoms with Gasteiger partial charge in [0.25, 0.3) is 0 Å². The van der Waals surface area contributed by atoms with E-state index in [9.17, 15) is 0 Å². The van der Waals surface area contributed by atoms with Crippen molar-refractivity contribution in [3.8, 4) is 0 Å². The molecular weight excluding hydrogens is 234 g/mol. The Morgan fingerprint density at radius 2 is 1.95 bits per heavy atom. The predicted molar refractivity (Wildman–Crippen MR) is 81.6 cm³/mol. The zero-order valence-corrected chi connectivity index (χ0v) is 12.5. The Morgan fingerprint density at radius 1 is 1.21 bits per heavy atom. The largest absolute Gasteiger partial charge is 0.352 e. The van der Waals surface area contributed by atoms with Gasteiger partial charge in [0.1, 0.15) is 0 Å². The van der Waals surface area contributed by atoms with Gasteiger partial charge in [-0.25, -0.2) is 0 Å². The Balaban J connectivity index is 1.95. The second-order valence-electron chi connectivity index (χ2n) is 6.26. The lowest BCUT2D eigenvalue weighted by Crippen LogP contribution is -2.47. The van der Waals surface area contributed by atoms with E-state index in [0.29, 0.717) is 0 Å². The van der Waals surface area contributed by atoms with Gasteiger partial charge < -0.3 is 10.6 Å². The number of nitrogens with zero attached hydrogens (tertiary/aromatic N) is 1. The lowest BCUT2D eigenvalue weighted by atomic mass is 10.1. The number of hydrogen-bond acceptors (Lipinski definition) is 1. The van der Waals surface area contributed by atoms with Gasteiger partial charge in [0.2, 0.25) is 0 Å². The molecule has 1 aliphatic rings. The van der Waals surface area contributed by atoms with Crippen molar-refractivity contribution in [1.29, 1.82) is 0 Å². The zero-order valence-electron chi connectivity index (χ0n) is 12.5. The summed E-state index contributed by atoms with van der Waals surface area (Å²) in [5.74, 6) is 0.855. The third kappa shape index (κ3) is 3.98. The van der Waals surface area contributed by atoms with Crippen molar-refractivity contribution in [2.75, 3.05) is 7.05 Å². The molecule has 0 fully saturated rings. The Morgan fingerprint density at radius 3 is 2.63 bits per heavy atom. The molecule has 0 atom stereocenters. The minimum atomic E-state index is 0.0276. The maximum atomic E-state index is 4.26. The van der Waals surface area contributed by atoms with E-state index in [4.69, 9.17) is 0 Å². The molecule has 0 amide bonds. The van der Waals surface area contributed by atoms with Crippen molar-refractivity contribution in [3.05, 3.63) is 34.9 Å². The van der Waals surface area contributed by atoms with Crippen LogP contribution in [0, 0.1) is 0 Å². The van der Waals surface area contributed by atoms with Crippen molar-refractivity contribution in [2.24, 2.45) is 4.99 Å². The highest BCUT2D eigenvalue weighted by molar-refractivity contribution is 5.80. The molecule has 0 heterocycles. The summed E-state index contributed by atoms with van der Waals surface area (Å²) in [5, 5.41) is 6.74. The van der Waals surface area contributed by atoms with E-state index in [1.54, 1.807) is 0 Å². The third-order valence-electron chi connectivity index (χ3n) is 3.34.